The average molecular weight is 268 g/mol. The summed E-state index contributed by atoms with van der Waals surface area (Å²) in [6.07, 6.45) is 3.77. The lowest BCUT2D eigenvalue weighted by Crippen LogP contribution is -2.48. The molecule has 106 valence electrons. The van der Waals surface area contributed by atoms with Crippen LogP contribution < -0.4 is 11.1 Å². The van der Waals surface area contributed by atoms with Gasteiger partial charge in [-0.2, -0.15) is 5.10 Å². The maximum Gasteiger partial charge on any atom is 0.326 e. The molecule has 1 heterocycles. The second kappa shape index (κ2) is 6.33. The van der Waals surface area contributed by atoms with Crippen molar-refractivity contribution in [1.82, 2.24) is 15.1 Å². The number of rotatable bonds is 6. The highest BCUT2D eigenvalue weighted by atomic mass is 16.4. The van der Waals surface area contributed by atoms with E-state index in [1.807, 2.05) is 6.92 Å². The van der Waals surface area contributed by atoms with Crippen molar-refractivity contribution in [2.75, 3.05) is 0 Å². The van der Waals surface area contributed by atoms with Crippen LogP contribution in [0, 0.1) is 5.92 Å². The van der Waals surface area contributed by atoms with E-state index >= 15 is 0 Å². The van der Waals surface area contributed by atoms with Gasteiger partial charge in [0.2, 0.25) is 5.91 Å². The molecule has 0 saturated heterocycles. The van der Waals surface area contributed by atoms with E-state index in [-0.39, 0.29) is 5.92 Å². The van der Waals surface area contributed by atoms with Crippen LogP contribution in [0.4, 0.5) is 0 Å². The van der Waals surface area contributed by atoms with Crippen LogP contribution in [-0.4, -0.2) is 32.8 Å². The van der Waals surface area contributed by atoms with E-state index in [9.17, 15) is 9.59 Å². The molecule has 0 aliphatic heterocycles. The number of carbonyl (C=O) groups excluding carboxylic acids is 1. The monoisotopic (exact) mass is 268 g/mol. The summed E-state index contributed by atoms with van der Waals surface area (Å²) < 4.78 is 1.53. The minimum Gasteiger partial charge on any atom is -0.480 e. The minimum absolute atomic E-state index is 0.164. The van der Waals surface area contributed by atoms with Gasteiger partial charge in [0.25, 0.3) is 0 Å². The fraction of sp³-hybridized carbons (Fsp3) is 0.583. The Hall–Kier alpha value is -1.89. The summed E-state index contributed by atoms with van der Waals surface area (Å²) in [6.45, 7) is 3.64. The molecule has 1 aromatic rings. The third-order valence-corrected chi connectivity index (χ3v) is 3.14. The predicted octanol–water partition coefficient (Wildman–Crippen LogP) is 0.0354. The molecule has 0 aliphatic carbocycles. The molecule has 7 nitrogen and oxygen atoms in total. The van der Waals surface area contributed by atoms with Crippen molar-refractivity contribution in [1.29, 1.82) is 0 Å². The molecule has 0 saturated carbocycles. The van der Waals surface area contributed by atoms with Gasteiger partial charge >= 0.3 is 5.97 Å². The quantitative estimate of drug-likeness (QED) is 0.674. The lowest BCUT2D eigenvalue weighted by atomic mass is 9.98. The zero-order chi connectivity index (χ0) is 14.6. The predicted molar refractivity (Wildman–Crippen MR) is 69.2 cm³/mol. The number of aromatic nitrogens is 2. The first-order chi connectivity index (χ1) is 8.86. The van der Waals surface area contributed by atoms with Crippen molar-refractivity contribution < 1.29 is 14.7 Å². The molecule has 0 radical (unpaired) electrons. The Balaban J connectivity index is 2.74. The summed E-state index contributed by atoms with van der Waals surface area (Å²) in [5, 5.41) is 15.5. The summed E-state index contributed by atoms with van der Waals surface area (Å²) in [5.41, 5.74) is 6.33. The van der Waals surface area contributed by atoms with Crippen molar-refractivity contribution in [3.63, 3.8) is 0 Å². The van der Waals surface area contributed by atoms with E-state index in [0.717, 1.165) is 0 Å². The third-order valence-electron chi connectivity index (χ3n) is 3.14. The summed E-state index contributed by atoms with van der Waals surface area (Å²) >= 11 is 0. The van der Waals surface area contributed by atoms with E-state index in [2.05, 4.69) is 10.4 Å². The molecule has 4 N–H and O–H groups in total. The maximum absolute atomic E-state index is 12.0. The van der Waals surface area contributed by atoms with E-state index < -0.39 is 24.0 Å². The molecule has 2 unspecified atom stereocenters. The van der Waals surface area contributed by atoms with Crippen LogP contribution >= 0.6 is 0 Å². The molecule has 0 fully saturated rings. The number of carbonyl (C=O) groups is 2. The summed E-state index contributed by atoms with van der Waals surface area (Å²) in [5.74, 6) is -1.73. The Kier molecular flexibility index (Phi) is 5.05. The molecule has 1 rings (SSSR count). The van der Waals surface area contributed by atoms with Crippen LogP contribution in [0.15, 0.2) is 12.4 Å². The van der Waals surface area contributed by atoms with Crippen LogP contribution in [-0.2, 0) is 16.6 Å². The number of aliphatic carboxylic acids is 1. The van der Waals surface area contributed by atoms with Crippen LogP contribution in [0.2, 0.25) is 0 Å². The van der Waals surface area contributed by atoms with Crippen LogP contribution in [0.3, 0.4) is 0 Å². The number of carboxylic acid groups (broad SMARTS) is 1. The number of amides is 1. The van der Waals surface area contributed by atoms with Crippen molar-refractivity contribution in [2.45, 2.75) is 32.4 Å². The largest absolute Gasteiger partial charge is 0.480 e. The number of carboxylic acids is 1. The van der Waals surface area contributed by atoms with E-state index in [1.54, 1.807) is 20.2 Å². The van der Waals surface area contributed by atoms with Gasteiger partial charge < -0.3 is 16.2 Å². The first-order valence-electron chi connectivity index (χ1n) is 6.14. The topological polar surface area (TPSA) is 110 Å². The number of hydrogen-bond acceptors (Lipinski definition) is 4. The Labute approximate surface area is 111 Å². The lowest BCUT2D eigenvalue weighted by Gasteiger charge is -2.21. The van der Waals surface area contributed by atoms with Crippen LogP contribution in [0.25, 0.3) is 0 Å². The zero-order valence-corrected chi connectivity index (χ0v) is 11.3. The number of aryl methyl sites for hydroxylation is 1. The molecule has 1 amide bonds. The first-order valence-corrected chi connectivity index (χ1v) is 6.14. The van der Waals surface area contributed by atoms with Crippen molar-refractivity contribution in [3.05, 3.63) is 18.0 Å². The Morgan fingerprint density at radius 1 is 1.58 bits per heavy atom. The molecule has 19 heavy (non-hydrogen) atoms. The number of nitrogens with two attached hydrogens (primary N) is 1. The van der Waals surface area contributed by atoms with Gasteiger partial charge in [0, 0.05) is 18.8 Å². The van der Waals surface area contributed by atoms with Gasteiger partial charge in [-0.3, -0.25) is 9.48 Å². The highest BCUT2D eigenvalue weighted by Gasteiger charge is 2.28. The fourth-order valence-electron chi connectivity index (χ4n) is 1.68. The first kappa shape index (κ1) is 15.2. The molecule has 1 aromatic heterocycles. The smallest absolute Gasteiger partial charge is 0.326 e. The van der Waals surface area contributed by atoms with Gasteiger partial charge in [-0.1, -0.05) is 20.3 Å². The van der Waals surface area contributed by atoms with E-state index in [1.165, 1.54) is 10.9 Å². The Morgan fingerprint density at radius 3 is 2.63 bits per heavy atom. The van der Waals surface area contributed by atoms with Gasteiger partial charge in [0.05, 0.1) is 6.20 Å². The SMILES string of the molecule is CCC(C)[C@H](NC(=O)C(N)c1cnn(C)c1)C(=O)O. The number of nitrogens with zero attached hydrogens (tertiary/aromatic N) is 2. The van der Waals surface area contributed by atoms with Crippen molar-refractivity contribution >= 4 is 11.9 Å². The molecule has 0 aromatic carbocycles. The van der Waals surface area contributed by atoms with Crippen LogP contribution in [0.5, 0.6) is 0 Å². The van der Waals surface area contributed by atoms with Gasteiger partial charge in [-0.15, -0.1) is 0 Å². The summed E-state index contributed by atoms with van der Waals surface area (Å²) in [6, 6.07) is -1.85. The van der Waals surface area contributed by atoms with E-state index in [0.29, 0.717) is 12.0 Å². The Morgan fingerprint density at radius 2 is 2.21 bits per heavy atom. The second-order valence-corrected chi connectivity index (χ2v) is 4.64. The van der Waals surface area contributed by atoms with Gasteiger partial charge in [-0.25, -0.2) is 4.79 Å². The van der Waals surface area contributed by atoms with Gasteiger partial charge in [0.1, 0.15) is 12.1 Å². The normalized spacial score (nSPS) is 15.6. The standard InChI is InChI=1S/C12H20N4O3/c1-4-7(2)10(12(18)19)15-11(17)9(13)8-5-14-16(3)6-8/h5-7,9-10H,4,13H2,1-3H3,(H,15,17)(H,18,19)/t7?,9?,10-/m0/s1. The molecular weight excluding hydrogens is 248 g/mol. The third kappa shape index (κ3) is 3.78. The van der Waals surface area contributed by atoms with Crippen LogP contribution in [0.1, 0.15) is 31.9 Å². The minimum atomic E-state index is -1.05. The summed E-state index contributed by atoms with van der Waals surface area (Å²) in [7, 11) is 1.72. The molecule has 0 spiro atoms. The second-order valence-electron chi connectivity index (χ2n) is 4.64. The lowest BCUT2D eigenvalue weighted by molar-refractivity contribution is -0.143. The highest BCUT2D eigenvalue weighted by molar-refractivity contribution is 5.87. The van der Waals surface area contributed by atoms with Gasteiger partial charge in [0.15, 0.2) is 0 Å². The molecule has 0 aliphatic rings. The number of nitrogens with one attached hydrogen (secondary N) is 1. The van der Waals surface area contributed by atoms with Gasteiger partial charge in [-0.05, 0) is 5.92 Å². The molecule has 3 atom stereocenters. The Bertz CT molecular complexity index is 458. The van der Waals surface area contributed by atoms with Crippen molar-refractivity contribution in [3.8, 4) is 0 Å². The maximum atomic E-state index is 12.0. The molecular formula is C12H20N4O3. The fourth-order valence-corrected chi connectivity index (χ4v) is 1.68. The number of hydrogen-bond donors (Lipinski definition) is 3. The van der Waals surface area contributed by atoms with Crippen molar-refractivity contribution in [2.24, 2.45) is 18.7 Å². The van der Waals surface area contributed by atoms with E-state index in [4.69, 9.17) is 10.8 Å². The highest BCUT2D eigenvalue weighted by Crippen LogP contribution is 2.12. The zero-order valence-electron chi connectivity index (χ0n) is 11.3. The molecule has 0 bridgehead atoms. The average Bonchev–Trinajstić information content (AvgIpc) is 2.80. The molecule has 7 heteroatoms. The summed E-state index contributed by atoms with van der Waals surface area (Å²) in [4.78, 5) is 23.1.